The molecule has 0 amide bonds. The Morgan fingerprint density at radius 3 is 2.86 bits per heavy atom. The molecular weight excluding hydrogens is 268 g/mol. The molecule has 0 bridgehead atoms. The van der Waals surface area contributed by atoms with E-state index in [1.807, 2.05) is 17.9 Å². The van der Waals surface area contributed by atoms with Gasteiger partial charge in [-0.1, -0.05) is 13.0 Å². The number of hydrogen-bond acceptors (Lipinski definition) is 5. The second kappa shape index (κ2) is 6.93. The molecule has 6 nitrogen and oxygen atoms in total. The Morgan fingerprint density at radius 2 is 2.29 bits per heavy atom. The van der Waals surface area contributed by atoms with Crippen molar-refractivity contribution in [3.8, 4) is 6.07 Å². The number of nitrogens with one attached hydrogen (secondary N) is 1. The molecule has 0 unspecified atom stereocenters. The molecule has 112 valence electrons. The third-order valence-corrected chi connectivity index (χ3v) is 3.52. The minimum absolute atomic E-state index is 0.121. The van der Waals surface area contributed by atoms with Gasteiger partial charge < -0.3 is 10.2 Å². The van der Waals surface area contributed by atoms with Gasteiger partial charge in [0, 0.05) is 19.1 Å². The summed E-state index contributed by atoms with van der Waals surface area (Å²) in [5.74, 6) is 0. The lowest BCUT2D eigenvalue weighted by Gasteiger charge is -2.24. The fourth-order valence-electron chi connectivity index (χ4n) is 2.41. The van der Waals surface area contributed by atoms with Crippen molar-refractivity contribution in [1.29, 1.82) is 5.26 Å². The molecule has 0 heterocycles. The highest BCUT2D eigenvalue weighted by atomic mass is 16.6. The van der Waals surface area contributed by atoms with Gasteiger partial charge in [-0.2, -0.15) is 5.26 Å². The van der Waals surface area contributed by atoms with Crippen molar-refractivity contribution < 1.29 is 4.92 Å². The van der Waals surface area contributed by atoms with Gasteiger partial charge >= 0.3 is 5.69 Å². The highest BCUT2D eigenvalue weighted by Gasteiger charge is 2.33. The number of nitro groups is 1. The molecule has 21 heavy (non-hydrogen) atoms. The molecule has 0 saturated heterocycles. The minimum Gasteiger partial charge on any atom is -0.379 e. The summed E-state index contributed by atoms with van der Waals surface area (Å²) >= 11 is 0. The second-order valence-electron chi connectivity index (χ2n) is 5.19. The summed E-state index contributed by atoms with van der Waals surface area (Å²) in [7, 11) is 0. The zero-order chi connectivity index (χ0) is 15.2. The van der Waals surface area contributed by atoms with Crippen LogP contribution in [0.15, 0.2) is 18.2 Å². The van der Waals surface area contributed by atoms with Crippen molar-refractivity contribution in [2.24, 2.45) is 0 Å². The SMILES string of the molecule is CCCNc1cccc(N(CCC#N)C2CC2)c1[N+](=O)[O-]. The van der Waals surface area contributed by atoms with E-state index in [1.165, 1.54) is 0 Å². The molecule has 1 aromatic rings. The summed E-state index contributed by atoms with van der Waals surface area (Å²) in [4.78, 5) is 13.2. The lowest BCUT2D eigenvalue weighted by Crippen LogP contribution is -2.27. The van der Waals surface area contributed by atoms with Crippen LogP contribution < -0.4 is 10.2 Å². The van der Waals surface area contributed by atoms with E-state index >= 15 is 0 Å². The van der Waals surface area contributed by atoms with Crippen molar-refractivity contribution in [3.63, 3.8) is 0 Å². The molecule has 1 aliphatic carbocycles. The van der Waals surface area contributed by atoms with Crippen LogP contribution in [0.2, 0.25) is 0 Å². The molecule has 0 spiro atoms. The van der Waals surface area contributed by atoms with Crippen LogP contribution in [0.25, 0.3) is 0 Å². The van der Waals surface area contributed by atoms with Crippen molar-refractivity contribution in [1.82, 2.24) is 0 Å². The Hall–Kier alpha value is -2.29. The molecular formula is C15H20N4O2. The van der Waals surface area contributed by atoms with Crippen LogP contribution in [0.4, 0.5) is 17.1 Å². The summed E-state index contributed by atoms with van der Waals surface area (Å²) in [5, 5.41) is 23.4. The fourth-order valence-corrected chi connectivity index (χ4v) is 2.41. The molecule has 2 rings (SSSR count). The van der Waals surface area contributed by atoms with Gasteiger partial charge in [0.2, 0.25) is 0 Å². The molecule has 0 aliphatic heterocycles. The van der Waals surface area contributed by atoms with E-state index in [-0.39, 0.29) is 10.6 Å². The highest BCUT2D eigenvalue weighted by Crippen LogP contribution is 2.40. The van der Waals surface area contributed by atoms with Crippen molar-refractivity contribution in [2.75, 3.05) is 23.3 Å². The molecule has 0 aromatic heterocycles. The lowest BCUT2D eigenvalue weighted by molar-refractivity contribution is -0.383. The number of nitriles is 1. The van der Waals surface area contributed by atoms with Crippen LogP contribution >= 0.6 is 0 Å². The summed E-state index contributed by atoms with van der Waals surface area (Å²) in [6, 6.07) is 7.81. The largest absolute Gasteiger partial charge is 0.379 e. The molecule has 1 aliphatic rings. The zero-order valence-corrected chi connectivity index (χ0v) is 12.2. The fraction of sp³-hybridized carbons (Fsp3) is 0.533. The third kappa shape index (κ3) is 3.63. The predicted molar refractivity (Wildman–Crippen MR) is 82.5 cm³/mol. The van der Waals surface area contributed by atoms with E-state index in [9.17, 15) is 10.1 Å². The van der Waals surface area contributed by atoms with E-state index in [1.54, 1.807) is 12.1 Å². The van der Waals surface area contributed by atoms with Gasteiger partial charge in [0.15, 0.2) is 0 Å². The van der Waals surface area contributed by atoms with Crippen LogP contribution in [0.1, 0.15) is 32.6 Å². The first-order chi connectivity index (χ1) is 10.2. The maximum absolute atomic E-state index is 11.5. The molecule has 1 aromatic carbocycles. The van der Waals surface area contributed by atoms with Gasteiger partial charge in [-0.25, -0.2) is 0 Å². The topological polar surface area (TPSA) is 82.2 Å². The van der Waals surface area contributed by atoms with Gasteiger partial charge in [0.25, 0.3) is 0 Å². The Labute approximate surface area is 124 Å². The second-order valence-corrected chi connectivity index (χ2v) is 5.19. The summed E-state index contributed by atoms with van der Waals surface area (Å²) in [5.41, 5.74) is 1.30. The molecule has 6 heteroatoms. The van der Waals surface area contributed by atoms with Gasteiger partial charge in [-0.15, -0.1) is 0 Å². The average molecular weight is 288 g/mol. The van der Waals surface area contributed by atoms with Crippen molar-refractivity contribution >= 4 is 17.1 Å². The van der Waals surface area contributed by atoms with Crippen molar-refractivity contribution in [2.45, 2.75) is 38.6 Å². The number of benzene rings is 1. The summed E-state index contributed by atoms with van der Waals surface area (Å²) < 4.78 is 0. The first kappa shape index (κ1) is 15.1. The maximum Gasteiger partial charge on any atom is 0.315 e. The highest BCUT2D eigenvalue weighted by molar-refractivity contribution is 5.77. The quantitative estimate of drug-likeness (QED) is 0.586. The lowest BCUT2D eigenvalue weighted by atomic mass is 10.2. The van der Waals surface area contributed by atoms with Gasteiger partial charge in [-0.3, -0.25) is 10.1 Å². The standard InChI is InChI=1S/C15H20N4O2/c1-2-10-17-13-5-3-6-14(15(13)19(20)21)18(11-4-9-16)12-7-8-12/h3,5-6,12,17H,2,4,7-8,10-11H2,1H3. The molecule has 0 radical (unpaired) electrons. The van der Waals surface area contributed by atoms with Crippen LogP contribution in [-0.2, 0) is 0 Å². The van der Waals surface area contributed by atoms with E-state index in [4.69, 9.17) is 5.26 Å². The molecule has 1 N–H and O–H groups in total. The van der Waals surface area contributed by atoms with Gasteiger partial charge in [0.05, 0.1) is 17.4 Å². The third-order valence-electron chi connectivity index (χ3n) is 3.52. The molecule has 1 fully saturated rings. The van der Waals surface area contributed by atoms with Gasteiger partial charge in [0.1, 0.15) is 11.4 Å². The summed E-state index contributed by atoms with van der Waals surface area (Å²) in [6.45, 7) is 3.26. The van der Waals surface area contributed by atoms with Gasteiger partial charge in [-0.05, 0) is 31.4 Å². The van der Waals surface area contributed by atoms with E-state index in [0.29, 0.717) is 36.9 Å². The van der Waals surface area contributed by atoms with Crippen LogP contribution in [0.5, 0.6) is 0 Å². The zero-order valence-electron chi connectivity index (χ0n) is 12.2. The van der Waals surface area contributed by atoms with Crippen LogP contribution in [-0.4, -0.2) is 24.1 Å². The number of nitro benzene ring substituents is 1. The van der Waals surface area contributed by atoms with Crippen LogP contribution in [0.3, 0.4) is 0 Å². The average Bonchev–Trinajstić information content (AvgIpc) is 3.30. The normalized spacial score (nSPS) is 13.5. The number of hydrogen-bond donors (Lipinski definition) is 1. The summed E-state index contributed by atoms with van der Waals surface area (Å²) in [6.07, 6.45) is 3.35. The first-order valence-electron chi connectivity index (χ1n) is 7.34. The van der Waals surface area contributed by atoms with E-state index in [0.717, 1.165) is 19.3 Å². The predicted octanol–water partition coefficient (Wildman–Crippen LogP) is 3.30. The molecule has 1 saturated carbocycles. The Kier molecular flexibility index (Phi) is 4.99. The van der Waals surface area contributed by atoms with E-state index in [2.05, 4.69) is 11.4 Å². The Balaban J connectivity index is 2.36. The Morgan fingerprint density at radius 1 is 1.52 bits per heavy atom. The number of nitrogens with zero attached hydrogens (tertiary/aromatic N) is 3. The minimum atomic E-state index is -0.324. The van der Waals surface area contributed by atoms with Crippen LogP contribution in [0, 0.1) is 21.4 Å². The van der Waals surface area contributed by atoms with E-state index < -0.39 is 0 Å². The number of anilines is 2. The smallest absolute Gasteiger partial charge is 0.315 e. The maximum atomic E-state index is 11.5. The Bertz CT molecular complexity index is 549. The number of para-hydroxylation sites is 1. The monoisotopic (exact) mass is 288 g/mol. The number of rotatable bonds is 8. The molecule has 0 atom stereocenters. The van der Waals surface area contributed by atoms with Crippen molar-refractivity contribution in [3.05, 3.63) is 28.3 Å². The first-order valence-corrected chi connectivity index (χ1v) is 7.34.